The number of furan rings is 1. The lowest BCUT2D eigenvalue weighted by molar-refractivity contribution is 0.0924. The molecule has 3 rings (SSSR count). The number of benzene rings is 2. The van der Waals surface area contributed by atoms with Crippen LogP contribution in [0.25, 0.3) is 11.3 Å². The molecule has 24 heavy (non-hydrogen) atoms. The van der Waals surface area contributed by atoms with Gasteiger partial charge in [-0.3, -0.25) is 4.79 Å². The second-order valence-electron chi connectivity index (χ2n) is 5.20. The van der Waals surface area contributed by atoms with Crippen molar-refractivity contribution >= 4 is 5.91 Å². The van der Waals surface area contributed by atoms with E-state index in [-0.39, 0.29) is 17.5 Å². The van der Waals surface area contributed by atoms with Gasteiger partial charge in [0.1, 0.15) is 17.3 Å². The molecule has 0 aliphatic rings. The van der Waals surface area contributed by atoms with E-state index in [2.05, 4.69) is 5.32 Å². The second kappa shape index (κ2) is 7.00. The summed E-state index contributed by atoms with van der Waals surface area (Å²) in [6, 6.07) is 16.6. The number of ether oxygens (including phenoxy) is 1. The predicted octanol–water partition coefficient (Wildman–Crippen LogP) is 4.02. The molecule has 5 heteroatoms. The van der Waals surface area contributed by atoms with E-state index in [1.165, 1.54) is 12.1 Å². The summed E-state index contributed by atoms with van der Waals surface area (Å²) in [5.41, 5.74) is 1.64. The number of carbonyl (C=O) groups excluding carboxylic acids is 1. The Bertz CT molecular complexity index is 840. The van der Waals surface area contributed by atoms with Crippen LogP contribution in [0.4, 0.5) is 4.39 Å². The highest BCUT2D eigenvalue weighted by Crippen LogP contribution is 2.22. The molecule has 0 atom stereocenters. The number of amides is 1. The predicted molar refractivity (Wildman–Crippen MR) is 88.3 cm³/mol. The van der Waals surface area contributed by atoms with Crippen molar-refractivity contribution in [1.82, 2.24) is 5.32 Å². The zero-order valence-electron chi connectivity index (χ0n) is 13.1. The van der Waals surface area contributed by atoms with Crippen LogP contribution in [0.1, 0.15) is 16.1 Å². The number of hydrogen-bond acceptors (Lipinski definition) is 3. The van der Waals surface area contributed by atoms with Gasteiger partial charge in [-0.05, 0) is 54.1 Å². The van der Waals surface area contributed by atoms with Crippen molar-refractivity contribution in [3.63, 3.8) is 0 Å². The molecule has 0 saturated heterocycles. The largest absolute Gasteiger partial charge is 0.497 e. The normalized spacial score (nSPS) is 10.4. The van der Waals surface area contributed by atoms with Crippen molar-refractivity contribution < 1.29 is 18.3 Å². The van der Waals surface area contributed by atoms with Crippen LogP contribution in [0.3, 0.4) is 0 Å². The molecule has 0 radical (unpaired) electrons. The van der Waals surface area contributed by atoms with Crippen molar-refractivity contribution in [1.29, 1.82) is 0 Å². The minimum atomic E-state index is -0.318. The van der Waals surface area contributed by atoms with Gasteiger partial charge in [0.05, 0.1) is 7.11 Å². The van der Waals surface area contributed by atoms with Crippen LogP contribution in [0.2, 0.25) is 0 Å². The molecule has 1 aromatic heterocycles. The first-order valence-corrected chi connectivity index (χ1v) is 7.42. The molecular weight excluding hydrogens is 309 g/mol. The van der Waals surface area contributed by atoms with Gasteiger partial charge < -0.3 is 14.5 Å². The van der Waals surface area contributed by atoms with E-state index in [9.17, 15) is 9.18 Å². The number of nitrogens with one attached hydrogen (secondary N) is 1. The fourth-order valence-electron chi connectivity index (χ4n) is 2.28. The summed E-state index contributed by atoms with van der Waals surface area (Å²) in [5, 5.41) is 2.79. The van der Waals surface area contributed by atoms with Crippen LogP contribution in [0, 0.1) is 5.82 Å². The molecule has 4 nitrogen and oxygen atoms in total. The Balaban J connectivity index is 1.66. The molecule has 0 unspecified atom stereocenters. The summed E-state index contributed by atoms with van der Waals surface area (Å²) in [6.07, 6.45) is 0. The molecular formula is C19H16FNO3. The molecule has 0 aliphatic carbocycles. The second-order valence-corrected chi connectivity index (χ2v) is 5.20. The summed E-state index contributed by atoms with van der Waals surface area (Å²) in [6.45, 7) is 0.364. The molecule has 0 spiro atoms. The molecule has 0 aliphatic heterocycles. The maximum absolute atomic E-state index is 12.9. The molecule has 1 heterocycles. The Hall–Kier alpha value is -3.08. The van der Waals surface area contributed by atoms with Gasteiger partial charge in [-0.25, -0.2) is 4.39 Å². The van der Waals surface area contributed by atoms with E-state index < -0.39 is 0 Å². The van der Waals surface area contributed by atoms with Gasteiger partial charge in [-0.15, -0.1) is 0 Å². The van der Waals surface area contributed by atoms with Crippen molar-refractivity contribution in [2.24, 2.45) is 0 Å². The van der Waals surface area contributed by atoms with Crippen LogP contribution < -0.4 is 10.1 Å². The minimum Gasteiger partial charge on any atom is -0.497 e. The SMILES string of the molecule is COc1cccc(CNC(=O)c2ccc(-c3ccc(F)cc3)o2)c1. The first kappa shape index (κ1) is 15.8. The Morgan fingerprint density at radius 1 is 1.12 bits per heavy atom. The Labute approximate surface area is 138 Å². The number of halogens is 1. The highest BCUT2D eigenvalue weighted by molar-refractivity contribution is 5.92. The van der Waals surface area contributed by atoms with Crippen LogP contribution in [0.5, 0.6) is 5.75 Å². The number of rotatable bonds is 5. The molecule has 122 valence electrons. The van der Waals surface area contributed by atoms with Crippen LogP contribution in [-0.2, 0) is 6.54 Å². The molecule has 0 saturated carbocycles. The van der Waals surface area contributed by atoms with Gasteiger partial charge in [0.15, 0.2) is 5.76 Å². The van der Waals surface area contributed by atoms with E-state index in [1.807, 2.05) is 24.3 Å². The molecule has 2 aromatic carbocycles. The Kier molecular flexibility index (Phi) is 4.61. The van der Waals surface area contributed by atoms with Gasteiger partial charge in [-0.2, -0.15) is 0 Å². The van der Waals surface area contributed by atoms with E-state index in [1.54, 1.807) is 31.4 Å². The Morgan fingerprint density at radius 3 is 2.67 bits per heavy atom. The summed E-state index contributed by atoms with van der Waals surface area (Å²) in [4.78, 5) is 12.2. The third-order valence-electron chi connectivity index (χ3n) is 3.55. The van der Waals surface area contributed by atoms with Crippen LogP contribution >= 0.6 is 0 Å². The molecule has 0 bridgehead atoms. The zero-order chi connectivity index (χ0) is 16.9. The fraction of sp³-hybridized carbons (Fsp3) is 0.105. The lowest BCUT2D eigenvalue weighted by Crippen LogP contribution is -2.22. The zero-order valence-corrected chi connectivity index (χ0v) is 13.1. The topological polar surface area (TPSA) is 51.5 Å². The standard InChI is InChI=1S/C19H16FNO3/c1-23-16-4-2-3-13(11-16)12-21-19(22)18-10-9-17(24-18)14-5-7-15(20)8-6-14/h2-11H,12H2,1H3,(H,21,22). The quantitative estimate of drug-likeness (QED) is 0.771. The van der Waals surface area contributed by atoms with Crippen molar-refractivity contribution in [2.75, 3.05) is 7.11 Å². The van der Waals surface area contributed by atoms with Gasteiger partial charge in [0.25, 0.3) is 5.91 Å². The van der Waals surface area contributed by atoms with E-state index >= 15 is 0 Å². The summed E-state index contributed by atoms with van der Waals surface area (Å²) >= 11 is 0. The average molecular weight is 325 g/mol. The molecule has 3 aromatic rings. The van der Waals surface area contributed by atoms with E-state index in [0.717, 1.165) is 11.3 Å². The third-order valence-corrected chi connectivity index (χ3v) is 3.55. The van der Waals surface area contributed by atoms with Gasteiger partial charge in [0.2, 0.25) is 0 Å². The first-order chi connectivity index (χ1) is 11.7. The maximum atomic E-state index is 12.9. The third kappa shape index (κ3) is 3.63. The van der Waals surface area contributed by atoms with Gasteiger partial charge >= 0.3 is 0 Å². The summed E-state index contributed by atoms with van der Waals surface area (Å²) in [7, 11) is 1.59. The number of hydrogen-bond donors (Lipinski definition) is 1. The molecule has 1 amide bonds. The van der Waals surface area contributed by atoms with Crippen LogP contribution in [0.15, 0.2) is 65.1 Å². The lowest BCUT2D eigenvalue weighted by Gasteiger charge is -2.05. The van der Waals surface area contributed by atoms with E-state index in [4.69, 9.17) is 9.15 Å². The van der Waals surface area contributed by atoms with Gasteiger partial charge in [0, 0.05) is 12.1 Å². The Morgan fingerprint density at radius 2 is 1.92 bits per heavy atom. The number of carbonyl (C=O) groups is 1. The van der Waals surface area contributed by atoms with Crippen molar-refractivity contribution in [3.8, 4) is 17.1 Å². The highest BCUT2D eigenvalue weighted by Gasteiger charge is 2.12. The van der Waals surface area contributed by atoms with Gasteiger partial charge in [-0.1, -0.05) is 12.1 Å². The average Bonchev–Trinajstić information content (AvgIpc) is 3.10. The maximum Gasteiger partial charge on any atom is 0.287 e. The smallest absolute Gasteiger partial charge is 0.287 e. The molecule has 1 N–H and O–H groups in total. The minimum absolute atomic E-state index is 0.206. The fourth-order valence-corrected chi connectivity index (χ4v) is 2.28. The highest BCUT2D eigenvalue weighted by atomic mass is 19.1. The van der Waals surface area contributed by atoms with Crippen molar-refractivity contribution in [3.05, 3.63) is 77.8 Å². The number of methoxy groups -OCH3 is 1. The van der Waals surface area contributed by atoms with Crippen molar-refractivity contribution in [2.45, 2.75) is 6.54 Å². The summed E-state index contributed by atoms with van der Waals surface area (Å²) in [5.74, 6) is 0.824. The lowest BCUT2D eigenvalue weighted by atomic mass is 10.2. The molecule has 0 fully saturated rings. The monoisotopic (exact) mass is 325 g/mol. The van der Waals surface area contributed by atoms with Crippen LogP contribution in [-0.4, -0.2) is 13.0 Å². The summed E-state index contributed by atoms with van der Waals surface area (Å²) < 4.78 is 23.6. The first-order valence-electron chi connectivity index (χ1n) is 7.42. The van der Waals surface area contributed by atoms with E-state index in [0.29, 0.717) is 17.9 Å².